The van der Waals surface area contributed by atoms with E-state index >= 15 is 0 Å². The molecule has 1 N–H and O–H groups in total. The highest BCUT2D eigenvalue weighted by Crippen LogP contribution is 2.35. The van der Waals surface area contributed by atoms with Gasteiger partial charge in [0.25, 0.3) is 11.8 Å². The lowest BCUT2D eigenvalue weighted by Crippen LogP contribution is -2.54. The number of urea groups is 1. The number of carbonyl (C=O) groups is 4. The smallest absolute Gasteiger partial charge is 0.343 e. The van der Waals surface area contributed by atoms with Crippen molar-refractivity contribution in [3.05, 3.63) is 62.6 Å². The number of hydrogen-bond acceptors (Lipinski definition) is 6. The van der Waals surface area contributed by atoms with Gasteiger partial charge in [0, 0.05) is 0 Å². The number of nitrogens with zero attached hydrogens (tertiary/aromatic N) is 1. The number of nitrogens with one attached hydrogen (secondary N) is 1. The topological polar surface area (TPSA) is 102 Å². The molecule has 3 rings (SSSR count). The molecule has 1 heterocycles. The number of hydrogen-bond donors (Lipinski definition) is 1. The first-order valence-electron chi connectivity index (χ1n) is 9.44. The second kappa shape index (κ2) is 9.97. The number of esters is 1. The van der Waals surface area contributed by atoms with Crippen LogP contribution in [-0.4, -0.2) is 37.5 Å². The van der Waals surface area contributed by atoms with Gasteiger partial charge >= 0.3 is 12.0 Å². The van der Waals surface area contributed by atoms with Crippen LogP contribution in [0.15, 0.2) is 46.4 Å². The Hall–Kier alpha value is -3.17. The number of aryl methyl sites for hydroxylation is 1. The van der Waals surface area contributed by atoms with E-state index in [9.17, 15) is 19.2 Å². The third-order valence-electron chi connectivity index (χ3n) is 4.60. The molecule has 0 aromatic heterocycles. The van der Waals surface area contributed by atoms with Gasteiger partial charge in [-0.05, 0) is 63.8 Å². The molecule has 0 radical (unpaired) electrons. The third-order valence-corrected chi connectivity index (χ3v) is 5.47. The molecule has 0 bridgehead atoms. The minimum Gasteiger partial charge on any atom is -0.479 e. The van der Waals surface area contributed by atoms with Crippen molar-refractivity contribution < 1.29 is 28.7 Å². The highest BCUT2D eigenvalue weighted by molar-refractivity contribution is 9.10. The molecule has 0 unspecified atom stereocenters. The molecular weight excluding hydrogens is 504 g/mol. The summed E-state index contributed by atoms with van der Waals surface area (Å²) in [4.78, 5) is 49.9. The highest BCUT2D eigenvalue weighted by Gasteiger charge is 2.36. The molecule has 8 nitrogen and oxygen atoms in total. The van der Waals surface area contributed by atoms with Crippen LogP contribution in [-0.2, 0) is 25.5 Å². The van der Waals surface area contributed by atoms with Gasteiger partial charge < -0.3 is 9.47 Å². The van der Waals surface area contributed by atoms with E-state index < -0.39 is 23.8 Å². The number of rotatable bonds is 6. The second-order valence-corrected chi connectivity index (χ2v) is 7.92. The molecule has 0 saturated carbocycles. The van der Waals surface area contributed by atoms with E-state index in [4.69, 9.17) is 16.3 Å². The van der Waals surface area contributed by atoms with Gasteiger partial charge in [-0.3, -0.25) is 14.9 Å². The molecule has 0 aliphatic carbocycles. The van der Waals surface area contributed by atoms with Crippen LogP contribution in [0.25, 0.3) is 6.08 Å². The predicted molar refractivity (Wildman–Crippen MR) is 121 cm³/mol. The van der Waals surface area contributed by atoms with Crippen molar-refractivity contribution in [2.45, 2.75) is 13.3 Å². The van der Waals surface area contributed by atoms with E-state index in [2.05, 4.69) is 26.0 Å². The fourth-order valence-electron chi connectivity index (χ4n) is 2.93. The van der Waals surface area contributed by atoms with Crippen LogP contribution < -0.4 is 15.0 Å². The van der Waals surface area contributed by atoms with Gasteiger partial charge in [-0.2, -0.15) is 0 Å². The van der Waals surface area contributed by atoms with E-state index in [1.54, 1.807) is 30.3 Å². The number of methoxy groups -OCH3 is 1. The third kappa shape index (κ3) is 5.00. The summed E-state index contributed by atoms with van der Waals surface area (Å²) in [5.41, 5.74) is 1.55. The monoisotopic (exact) mass is 520 g/mol. The molecule has 0 spiro atoms. The summed E-state index contributed by atoms with van der Waals surface area (Å²) in [5.74, 6) is -1.97. The molecule has 1 aliphatic rings. The van der Waals surface area contributed by atoms with Crippen molar-refractivity contribution in [3.63, 3.8) is 0 Å². The highest BCUT2D eigenvalue weighted by atomic mass is 79.9. The van der Waals surface area contributed by atoms with Gasteiger partial charge in [0.2, 0.25) is 0 Å². The minimum atomic E-state index is -0.827. The lowest BCUT2D eigenvalue weighted by molar-refractivity contribution is -0.143. The van der Waals surface area contributed by atoms with Gasteiger partial charge in [-0.25, -0.2) is 14.5 Å². The Balaban J connectivity index is 1.92. The molecular formula is C22H18BrClN2O6. The Morgan fingerprint density at radius 3 is 2.47 bits per heavy atom. The summed E-state index contributed by atoms with van der Waals surface area (Å²) in [6.45, 7) is 1.65. The van der Waals surface area contributed by atoms with Crippen molar-refractivity contribution >= 4 is 63.1 Å². The number of barbiturate groups is 1. The Labute approximate surface area is 197 Å². The largest absolute Gasteiger partial charge is 0.479 e. The first-order chi connectivity index (χ1) is 15.2. The summed E-state index contributed by atoms with van der Waals surface area (Å²) >= 11 is 9.54. The molecule has 1 aliphatic heterocycles. The number of anilines is 1. The van der Waals surface area contributed by atoms with Crippen LogP contribution in [0.2, 0.25) is 5.02 Å². The van der Waals surface area contributed by atoms with Crippen LogP contribution in [0.3, 0.4) is 0 Å². The van der Waals surface area contributed by atoms with Crippen LogP contribution in [0.1, 0.15) is 18.1 Å². The summed E-state index contributed by atoms with van der Waals surface area (Å²) in [6.07, 6.45) is 2.12. The molecule has 166 valence electrons. The van der Waals surface area contributed by atoms with Gasteiger partial charge in [0.1, 0.15) is 5.57 Å². The second-order valence-electron chi connectivity index (χ2n) is 6.66. The van der Waals surface area contributed by atoms with Gasteiger partial charge in [0.15, 0.2) is 12.4 Å². The summed E-state index contributed by atoms with van der Waals surface area (Å²) < 4.78 is 10.3. The zero-order valence-electron chi connectivity index (χ0n) is 17.1. The van der Waals surface area contributed by atoms with Crippen LogP contribution in [0, 0.1) is 0 Å². The molecule has 2 aromatic rings. The number of halogens is 2. The zero-order valence-corrected chi connectivity index (χ0v) is 19.5. The van der Waals surface area contributed by atoms with Crippen molar-refractivity contribution in [2.75, 3.05) is 18.6 Å². The molecule has 4 amide bonds. The molecule has 1 fully saturated rings. The molecule has 2 aromatic carbocycles. The Morgan fingerprint density at radius 1 is 1.19 bits per heavy atom. The number of ether oxygens (including phenoxy) is 2. The first kappa shape index (κ1) is 23.5. The lowest BCUT2D eigenvalue weighted by atomic mass is 10.1. The molecule has 0 atom stereocenters. The molecule has 1 saturated heterocycles. The van der Waals surface area contributed by atoms with Crippen molar-refractivity contribution in [2.24, 2.45) is 0 Å². The maximum Gasteiger partial charge on any atom is 0.343 e. The maximum atomic E-state index is 13.0. The van der Waals surface area contributed by atoms with Crippen molar-refractivity contribution in [1.29, 1.82) is 0 Å². The minimum absolute atomic E-state index is 0.141. The number of imide groups is 2. The Bertz CT molecular complexity index is 1110. The zero-order chi connectivity index (χ0) is 23.4. The van der Waals surface area contributed by atoms with Crippen LogP contribution in [0.5, 0.6) is 5.75 Å². The van der Waals surface area contributed by atoms with E-state index in [0.717, 1.165) is 16.9 Å². The number of carbonyl (C=O) groups excluding carboxylic acids is 4. The Kier molecular flexibility index (Phi) is 7.32. The predicted octanol–water partition coefficient (Wildman–Crippen LogP) is 3.88. The van der Waals surface area contributed by atoms with E-state index in [-0.39, 0.29) is 23.0 Å². The molecule has 32 heavy (non-hydrogen) atoms. The quantitative estimate of drug-likeness (QED) is 0.352. The average molecular weight is 522 g/mol. The van der Waals surface area contributed by atoms with Crippen LogP contribution >= 0.6 is 27.5 Å². The van der Waals surface area contributed by atoms with Gasteiger partial charge in [-0.15, -0.1) is 0 Å². The normalized spacial score (nSPS) is 15.1. The van der Waals surface area contributed by atoms with Gasteiger partial charge in [0.05, 0.1) is 22.3 Å². The fourth-order valence-corrected chi connectivity index (χ4v) is 3.92. The van der Waals surface area contributed by atoms with Gasteiger partial charge in [-0.1, -0.05) is 30.7 Å². The summed E-state index contributed by atoms with van der Waals surface area (Å²) in [6, 6.07) is 9.09. The fraction of sp³-hybridized carbons (Fsp3) is 0.182. The standard InChI is InChI=1S/C22H18BrClN2O6/c1-3-12-4-6-14(7-5-12)26-21(29)15(20(28)25-22(26)30)8-13-9-16(23)19(17(24)10-13)32-11-18(27)31-2/h4-10H,3,11H2,1-2H3,(H,25,28,30)/b15-8-. The Morgan fingerprint density at radius 2 is 1.88 bits per heavy atom. The maximum absolute atomic E-state index is 13.0. The average Bonchev–Trinajstić information content (AvgIpc) is 2.76. The molecule has 10 heteroatoms. The SMILES string of the molecule is CCc1ccc(N2C(=O)NC(=O)/C(=C/c3cc(Cl)c(OCC(=O)OC)c(Br)c3)C2=O)cc1. The van der Waals surface area contributed by atoms with Crippen LogP contribution in [0.4, 0.5) is 10.5 Å². The van der Waals surface area contributed by atoms with Crippen molar-refractivity contribution in [3.8, 4) is 5.75 Å². The number of amides is 4. The van der Waals surface area contributed by atoms with Crippen molar-refractivity contribution in [1.82, 2.24) is 5.32 Å². The van der Waals surface area contributed by atoms with E-state index in [1.807, 2.05) is 6.92 Å². The van der Waals surface area contributed by atoms with E-state index in [0.29, 0.717) is 15.7 Å². The summed E-state index contributed by atoms with van der Waals surface area (Å²) in [5, 5.41) is 2.32. The first-order valence-corrected chi connectivity index (χ1v) is 10.6. The summed E-state index contributed by atoms with van der Waals surface area (Å²) in [7, 11) is 1.23. The number of benzene rings is 2. The van der Waals surface area contributed by atoms with E-state index in [1.165, 1.54) is 19.3 Å². The lowest BCUT2D eigenvalue weighted by Gasteiger charge is -2.26.